The Balaban J connectivity index is 0.00000300. The van der Waals surface area contributed by atoms with Gasteiger partial charge in [0, 0.05) is 52.5 Å². The Labute approximate surface area is 190 Å². The maximum atomic E-state index is 11.6. The van der Waals surface area contributed by atoms with Crippen molar-refractivity contribution in [3.8, 4) is 0 Å². The molecule has 0 spiro atoms. The van der Waals surface area contributed by atoms with Gasteiger partial charge in [0.2, 0.25) is 5.91 Å². The van der Waals surface area contributed by atoms with Crippen molar-refractivity contribution in [1.82, 2.24) is 25.3 Å². The summed E-state index contributed by atoms with van der Waals surface area (Å²) in [7, 11) is 3.53. The average molecular weight is 510 g/mol. The zero-order valence-electron chi connectivity index (χ0n) is 17.2. The van der Waals surface area contributed by atoms with Crippen LogP contribution >= 0.6 is 24.0 Å². The van der Waals surface area contributed by atoms with Crippen molar-refractivity contribution < 1.29 is 4.79 Å². The topological polar surface area (TPSA) is 74.5 Å². The first-order chi connectivity index (χ1) is 13.7. The van der Waals surface area contributed by atoms with Crippen LogP contribution in [0.5, 0.6) is 0 Å². The number of piperidine rings is 1. The lowest BCUT2D eigenvalue weighted by molar-refractivity contribution is -0.121. The molecule has 3 rings (SSSR count). The smallest absolute Gasteiger partial charge is 0.220 e. The van der Waals surface area contributed by atoms with Gasteiger partial charge in [-0.3, -0.25) is 14.5 Å². The van der Waals surface area contributed by atoms with Gasteiger partial charge in [0.25, 0.3) is 0 Å². The van der Waals surface area contributed by atoms with Crippen LogP contribution in [0.4, 0.5) is 0 Å². The normalized spacial score (nSPS) is 15.0. The second-order valence-corrected chi connectivity index (χ2v) is 7.23. The van der Waals surface area contributed by atoms with Gasteiger partial charge < -0.3 is 15.5 Å². The van der Waals surface area contributed by atoms with Gasteiger partial charge in [-0.25, -0.2) is 0 Å². The lowest BCUT2D eigenvalue weighted by atomic mass is 9.93. The standard InChI is InChI=1S/C21H30N6O.HI/c1-22-20(28)14-17-7-11-26(12-8-17)21(23-2)24-15-18-5-3-6-19(13-18)16-27-10-4-9-25-27;/h3-6,9-10,13,17H,7-8,11-12,14-16H2,1-2H3,(H,22,28)(H,23,24);1H. The van der Waals surface area contributed by atoms with Crippen molar-refractivity contribution in [3.05, 3.63) is 53.9 Å². The van der Waals surface area contributed by atoms with Crippen LogP contribution in [0, 0.1) is 5.92 Å². The van der Waals surface area contributed by atoms with E-state index in [1.807, 2.05) is 24.0 Å². The highest BCUT2D eigenvalue weighted by Gasteiger charge is 2.22. The third-order valence-corrected chi connectivity index (χ3v) is 5.22. The van der Waals surface area contributed by atoms with Crippen LogP contribution in [0.1, 0.15) is 30.4 Å². The summed E-state index contributed by atoms with van der Waals surface area (Å²) in [5, 5.41) is 10.5. The lowest BCUT2D eigenvalue weighted by Crippen LogP contribution is -2.45. The van der Waals surface area contributed by atoms with Gasteiger partial charge in [-0.1, -0.05) is 24.3 Å². The number of nitrogens with zero attached hydrogens (tertiary/aromatic N) is 4. The summed E-state index contributed by atoms with van der Waals surface area (Å²) in [4.78, 5) is 18.3. The van der Waals surface area contributed by atoms with Crippen LogP contribution < -0.4 is 10.6 Å². The van der Waals surface area contributed by atoms with Gasteiger partial charge in [-0.2, -0.15) is 5.10 Å². The first kappa shape index (κ1) is 23.2. The molecule has 0 saturated carbocycles. The van der Waals surface area contributed by atoms with Crippen LogP contribution in [-0.4, -0.2) is 53.7 Å². The van der Waals surface area contributed by atoms with E-state index in [9.17, 15) is 4.79 Å². The molecule has 1 aromatic heterocycles. The van der Waals surface area contributed by atoms with Gasteiger partial charge >= 0.3 is 0 Å². The first-order valence-corrected chi connectivity index (χ1v) is 9.89. The van der Waals surface area contributed by atoms with Gasteiger partial charge in [-0.15, -0.1) is 24.0 Å². The second-order valence-electron chi connectivity index (χ2n) is 7.23. The van der Waals surface area contributed by atoms with E-state index in [1.54, 1.807) is 13.2 Å². The highest BCUT2D eigenvalue weighted by Crippen LogP contribution is 2.20. The fourth-order valence-corrected chi connectivity index (χ4v) is 3.65. The Bertz CT molecular complexity index is 784. The molecule has 29 heavy (non-hydrogen) atoms. The Morgan fingerprint density at radius 3 is 2.66 bits per heavy atom. The highest BCUT2D eigenvalue weighted by atomic mass is 127. The van der Waals surface area contributed by atoms with E-state index >= 15 is 0 Å². The summed E-state index contributed by atoms with van der Waals surface area (Å²) in [6.45, 7) is 3.37. The maximum absolute atomic E-state index is 11.6. The minimum Gasteiger partial charge on any atom is -0.359 e. The largest absolute Gasteiger partial charge is 0.359 e. The second kappa shape index (κ2) is 11.8. The SMILES string of the molecule is CN=C(NCc1cccc(Cn2cccn2)c1)N1CCC(CC(=O)NC)CC1.I. The van der Waals surface area contributed by atoms with Crippen molar-refractivity contribution >= 4 is 35.8 Å². The molecule has 0 bridgehead atoms. The zero-order chi connectivity index (χ0) is 19.8. The molecule has 1 aliphatic rings. The number of aliphatic imine (C=N–C) groups is 1. The number of hydrogen-bond donors (Lipinski definition) is 2. The molecule has 2 heterocycles. The maximum Gasteiger partial charge on any atom is 0.220 e. The minimum absolute atomic E-state index is 0. The molecule has 1 saturated heterocycles. The van der Waals surface area contributed by atoms with Gasteiger partial charge in [-0.05, 0) is 36.0 Å². The molecule has 1 aromatic carbocycles. The zero-order valence-corrected chi connectivity index (χ0v) is 19.5. The van der Waals surface area contributed by atoms with Crippen LogP contribution in [0.15, 0.2) is 47.7 Å². The summed E-state index contributed by atoms with van der Waals surface area (Å²) in [6, 6.07) is 10.5. The summed E-state index contributed by atoms with van der Waals surface area (Å²) < 4.78 is 1.93. The number of halogens is 1. The van der Waals surface area contributed by atoms with E-state index in [-0.39, 0.29) is 29.9 Å². The van der Waals surface area contributed by atoms with Crippen LogP contribution in [0.25, 0.3) is 0 Å². The lowest BCUT2D eigenvalue weighted by Gasteiger charge is -2.34. The van der Waals surface area contributed by atoms with Crippen molar-refractivity contribution in [3.63, 3.8) is 0 Å². The number of benzene rings is 1. The van der Waals surface area contributed by atoms with Gasteiger partial charge in [0.1, 0.15) is 0 Å². The Morgan fingerprint density at radius 1 is 1.24 bits per heavy atom. The molecule has 158 valence electrons. The molecule has 0 unspecified atom stereocenters. The molecule has 1 fully saturated rings. The number of likely N-dealkylation sites (tertiary alicyclic amines) is 1. The van der Waals surface area contributed by atoms with Gasteiger partial charge in [0.15, 0.2) is 5.96 Å². The number of guanidine groups is 1. The number of carbonyl (C=O) groups excluding carboxylic acids is 1. The number of hydrogen-bond acceptors (Lipinski definition) is 3. The van der Waals surface area contributed by atoms with Crippen molar-refractivity contribution in [2.24, 2.45) is 10.9 Å². The van der Waals surface area contributed by atoms with Crippen LogP contribution in [0.2, 0.25) is 0 Å². The Kier molecular flexibility index (Phi) is 9.43. The van der Waals surface area contributed by atoms with E-state index in [2.05, 4.69) is 49.9 Å². The Morgan fingerprint density at radius 2 is 2.00 bits per heavy atom. The number of rotatable bonds is 6. The molecule has 2 N–H and O–H groups in total. The molecular formula is C21H31IN6O. The van der Waals surface area contributed by atoms with Crippen LogP contribution in [-0.2, 0) is 17.9 Å². The number of aromatic nitrogens is 2. The molecule has 0 radical (unpaired) electrons. The third-order valence-electron chi connectivity index (χ3n) is 5.22. The van der Waals surface area contributed by atoms with Crippen molar-refractivity contribution in [2.75, 3.05) is 27.2 Å². The molecule has 1 aliphatic heterocycles. The summed E-state index contributed by atoms with van der Waals surface area (Å²) in [5.41, 5.74) is 2.45. The predicted octanol–water partition coefficient (Wildman–Crippen LogP) is 2.47. The Hall–Kier alpha value is -2.10. The number of nitrogens with one attached hydrogen (secondary N) is 2. The molecule has 1 amide bonds. The van der Waals surface area contributed by atoms with Crippen molar-refractivity contribution in [1.29, 1.82) is 0 Å². The quantitative estimate of drug-likeness (QED) is 0.356. The van der Waals surface area contributed by atoms with E-state index in [4.69, 9.17) is 0 Å². The van der Waals surface area contributed by atoms with Crippen LogP contribution in [0.3, 0.4) is 0 Å². The number of carbonyl (C=O) groups is 1. The monoisotopic (exact) mass is 510 g/mol. The summed E-state index contributed by atoms with van der Waals surface area (Å²) in [6.07, 6.45) is 6.44. The molecule has 0 atom stereocenters. The minimum atomic E-state index is 0. The van der Waals surface area contributed by atoms with Gasteiger partial charge in [0.05, 0.1) is 6.54 Å². The van der Waals surface area contributed by atoms with E-state index < -0.39 is 0 Å². The molecule has 2 aromatic rings. The fraction of sp³-hybridized carbons (Fsp3) is 0.476. The van der Waals surface area contributed by atoms with E-state index in [0.29, 0.717) is 12.3 Å². The third kappa shape index (κ3) is 7.02. The molecule has 0 aliphatic carbocycles. The van der Waals surface area contributed by atoms with E-state index in [1.165, 1.54) is 11.1 Å². The molecule has 7 nitrogen and oxygen atoms in total. The first-order valence-electron chi connectivity index (χ1n) is 9.89. The summed E-state index contributed by atoms with van der Waals surface area (Å²) >= 11 is 0. The van der Waals surface area contributed by atoms with E-state index in [0.717, 1.165) is 45.0 Å². The van der Waals surface area contributed by atoms with Crippen molar-refractivity contribution in [2.45, 2.75) is 32.4 Å². The number of amides is 1. The molecule has 8 heteroatoms. The highest BCUT2D eigenvalue weighted by molar-refractivity contribution is 14.0. The fourth-order valence-electron chi connectivity index (χ4n) is 3.65. The average Bonchev–Trinajstić information content (AvgIpc) is 3.23. The molecular weight excluding hydrogens is 479 g/mol. The predicted molar refractivity (Wildman–Crippen MR) is 126 cm³/mol. The summed E-state index contributed by atoms with van der Waals surface area (Å²) in [5.74, 6) is 1.53.